The van der Waals surface area contributed by atoms with Crippen molar-refractivity contribution in [3.63, 3.8) is 0 Å². The molecule has 3 aromatic rings. The van der Waals surface area contributed by atoms with Gasteiger partial charge in [-0.15, -0.1) is 0 Å². The molecule has 0 radical (unpaired) electrons. The Morgan fingerprint density at radius 2 is 1.95 bits per heavy atom. The van der Waals surface area contributed by atoms with E-state index in [9.17, 15) is 0 Å². The number of rotatable bonds is 2. The number of aromatic nitrogens is 2. The monoisotopic (exact) mass is 245 g/mol. The molecule has 0 atom stereocenters. The zero-order chi connectivity index (χ0) is 13.1. The number of aromatic amines is 1. The molecule has 19 heavy (non-hydrogen) atoms. The maximum absolute atomic E-state index is 8.75. The summed E-state index contributed by atoms with van der Waals surface area (Å²) in [4.78, 5) is 7.39. The van der Waals surface area contributed by atoms with Gasteiger partial charge in [0.05, 0.1) is 11.6 Å². The molecule has 2 heterocycles. The average Bonchev–Trinajstić information content (AvgIpc) is 2.89. The van der Waals surface area contributed by atoms with Crippen LogP contribution in [0.2, 0.25) is 0 Å². The number of fused-ring (bicyclic) bond motifs is 1. The molecule has 0 saturated carbocycles. The summed E-state index contributed by atoms with van der Waals surface area (Å²) >= 11 is 0. The standard InChI is InChI=1S/C16H11N3/c17-10-13-5-3-12(4-6-13)7-8-14-11-19-16-15(14)2-1-9-18-16/h1-9,11H,(H,18,19). The number of H-pyrrole nitrogens is 1. The molecule has 3 rings (SSSR count). The fraction of sp³-hybridized carbons (Fsp3) is 0. The van der Waals surface area contributed by atoms with E-state index in [0.29, 0.717) is 5.56 Å². The molecular weight excluding hydrogens is 234 g/mol. The first-order chi connectivity index (χ1) is 9.36. The van der Waals surface area contributed by atoms with Gasteiger partial charge >= 0.3 is 0 Å². The maximum atomic E-state index is 8.75. The molecule has 0 unspecified atom stereocenters. The number of pyridine rings is 1. The van der Waals surface area contributed by atoms with Gasteiger partial charge in [-0.1, -0.05) is 24.3 Å². The highest BCUT2D eigenvalue weighted by Crippen LogP contribution is 2.18. The SMILES string of the molecule is N#Cc1ccc(C=Cc2c[nH]c3ncccc23)cc1. The van der Waals surface area contributed by atoms with Crippen LogP contribution in [0.25, 0.3) is 23.2 Å². The normalized spacial score (nSPS) is 10.9. The summed E-state index contributed by atoms with van der Waals surface area (Å²) < 4.78 is 0. The molecule has 0 bridgehead atoms. The average molecular weight is 245 g/mol. The van der Waals surface area contributed by atoms with E-state index in [1.807, 2.05) is 54.7 Å². The van der Waals surface area contributed by atoms with E-state index >= 15 is 0 Å². The topological polar surface area (TPSA) is 52.5 Å². The summed E-state index contributed by atoms with van der Waals surface area (Å²) in [7, 11) is 0. The van der Waals surface area contributed by atoms with Crippen LogP contribution < -0.4 is 0 Å². The first-order valence-electron chi connectivity index (χ1n) is 5.97. The molecule has 1 N–H and O–H groups in total. The van der Waals surface area contributed by atoms with Crippen molar-refractivity contribution in [2.24, 2.45) is 0 Å². The molecule has 0 aliphatic heterocycles. The zero-order valence-corrected chi connectivity index (χ0v) is 10.2. The Balaban J connectivity index is 1.91. The fourth-order valence-corrected chi connectivity index (χ4v) is 1.97. The Kier molecular flexibility index (Phi) is 2.83. The number of hydrogen-bond donors (Lipinski definition) is 1. The van der Waals surface area contributed by atoms with Gasteiger partial charge in [0, 0.05) is 23.3 Å². The third kappa shape index (κ3) is 2.24. The number of hydrogen-bond acceptors (Lipinski definition) is 2. The highest BCUT2D eigenvalue weighted by atomic mass is 14.8. The van der Waals surface area contributed by atoms with Gasteiger partial charge in [0.15, 0.2) is 0 Å². The lowest BCUT2D eigenvalue weighted by atomic mass is 10.1. The van der Waals surface area contributed by atoms with Crippen LogP contribution >= 0.6 is 0 Å². The predicted molar refractivity (Wildman–Crippen MR) is 76.2 cm³/mol. The number of benzene rings is 1. The van der Waals surface area contributed by atoms with E-state index < -0.39 is 0 Å². The van der Waals surface area contributed by atoms with Crippen molar-refractivity contribution in [3.05, 3.63) is 65.5 Å². The van der Waals surface area contributed by atoms with E-state index in [4.69, 9.17) is 5.26 Å². The summed E-state index contributed by atoms with van der Waals surface area (Å²) in [5.41, 5.74) is 3.74. The molecule has 0 spiro atoms. The molecule has 0 aliphatic carbocycles. The van der Waals surface area contributed by atoms with Crippen LogP contribution in [-0.2, 0) is 0 Å². The molecule has 2 aromatic heterocycles. The number of nitriles is 1. The van der Waals surface area contributed by atoms with Gasteiger partial charge in [0.25, 0.3) is 0 Å². The Bertz CT molecular complexity index is 774. The number of nitrogens with one attached hydrogen (secondary N) is 1. The van der Waals surface area contributed by atoms with Crippen LogP contribution in [0.5, 0.6) is 0 Å². The Labute approximate surface area is 110 Å². The van der Waals surface area contributed by atoms with Crippen molar-refractivity contribution in [2.75, 3.05) is 0 Å². The molecule has 3 heteroatoms. The summed E-state index contributed by atoms with van der Waals surface area (Å²) in [6.07, 6.45) is 7.78. The summed E-state index contributed by atoms with van der Waals surface area (Å²) in [5.74, 6) is 0. The maximum Gasteiger partial charge on any atom is 0.137 e. The first-order valence-corrected chi connectivity index (χ1v) is 5.97. The second-order valence-corrected chi connectivity index (χ2v) is 4.21. The van der Waals surface area contributed by atoms with Crippen molar-refractivity contribution >= 4 is 23.2 Å². The highest BCUT2D eigenvalue weighted by Gasteiger charge is 1.99. The van der Waals surface area contributed by atoms with Crippen LogP contribution in [0.15, 0.2) is 48.8 Å². The van der Waals surface area contributed by atoms with E-state index in [1.165, 1.54) is 0 Å². The lowest BCUT2D eigenvalue weighted by molar-refractivity contribution is 1.33. The lowest BCUT2D eigenvalue weighted by Crippen LogP contribution is -1.75. The summed E-state index contributed by atoms with van der Waals surface area (Å²) in [5, 5.41) is 9.85. The third-order valence-electron chi connectivity index (χ3n) is 2.98. The van der Waals surface area contributed by atoms with Gasteiger partial charge in [-0.2, -0.15) is 5.26 Å². The Morgan fingerprint density at radius 1 is 1.11 bits per heavy atom. The number of nitrogens with zero attached hydrogens (tertiary/aromatic N) is 2. The van der Waals surface area contributed by atoms with E-state index in [0.717, 1.165) is 22.2 Å². The molecule has 1 aromatic carbocycles. The molecule has 0 aliphatic rings. The quantitative estimate of drug-likeness (QED) is 0.749. The minimum Gasteiger partial charge on any atom is -0.346 e. The van der Waals surface area contributed by atoms with Crippen LogP contribution in [0.3, 0.4) is 0 Å². The van der Waals surface area contributed by atoms with Gasteiger partial charge in [-0.05, 0) is 29.8 Å². The van der Waals surface area contributed by atoms with Crippen LogP contribution in [0, 0.1) is 11.3 Å². The molecule has 90 valence electrons. The summed E-state index contributed by atoms with van der Waals surface area (Å²) in [6.45, 7) is 0. The van der Waals surface area contributed by atoms with Crippen LogP contribution in [0.1, 0.15) is 16.7 Å². The summed E-state index contributed by atoms with van der Waals surface area (Å²) in [6, 6.07) is 13.6. The Morgan fingerprint density at radius 3 is 2.74 bits per heavy atom. The van der Waals surface area contributed by atoms with Crippen molar-refractivity contribution in [1.29, 1.82) is 5.26 Å². The lowest BCUT2D eigenvalue weighted by Gasteiger charge is -1.94. The van der Waals surface area contributed by atoms with Crippen molar-refractivity contribution in [2.45, 2.75) is 0 Å². The minimum atomic E-state index is 0.674. The van der Waals surface area contributed by atoms with Gasteiger partial charge in [0.2, 0.25) is 0 Å². The van der Waals surface area contributed by atoms with Gasteiger partial charge < -0.3 is 4.98 Å². The van der Waals surface area contributed by atoms with Crippen molar-refractivity contribution < 1.29 is 0 Å². The highest BCUT2D eigenvalue weighted by molar-refractivity contribution is 5.89. The Hall–Kier alpha value is -2.86. The van der Waals surface area contributed by atoms with Gasteiger partial charge in [0.1, 0.15) is 5.65 Å². The van der Waals surface area contributed by atoms with Gasteiger partial charge in [-0.25, -0.2) is 4.98 Å². The van der Waals surface area contributed by atoms with E-state index in [1.54, 1.807) is 6.20 Å². The molecule has 0 saturated heterocycles. The second-order valence-electron chi connectivity index (χ2n) is 4.21. The van der Waals surface area contributed by atoms with E-state index in [2.05, 4.69) is 16.0 Å². The van der Waals surface area contributed by atoms with Crippen LogP contribution in [-0.4, -0.2) is 9.97 Å². The molecule has 0 amide bonds. The minimum absolute atomic E-state index is 0.674. The van der Waals surface area contributed by atoms with E-state index in [-0.39, 0.29) is 0 Å². The fourth-order valence-electron chi connectivity index (χ4n) is 1.97. The smallest absolute Gasteiger partial charge is 0.137 e. The van der Waals surface area contributed by atoms with Crippen molar-refractivity contribution in [3.8, 4) is 6.07 Å². The van der Waals surface area contributed by atoms with Gasteiger partial charge in [-0.3, -0.25) is 0 Å². The predicted octanol–water partition coefficient (Wildman–Crippen LogP) is 3.60. The molecule has 0 fully saturated rings. The zero-order valence-electron chi connectivity index (χ0n) is 10.2. The van der Waals surface area contributed by atoms with Crippen molar-refractivity contribution in [1.82, 2.24) is 9.97 Å². The first kappa shape index (κ1) is 11.2. The molecular formula is C16H11N3. The second kappa shape index (κ2) is 4.79. The largest absolute Gasteiger partial charge is 0.346 e. The molecule has 3 nitrogen and oxygen atoms in total. The van der Waals surface area contributed by atoms with Crippen LogP contribution in [0.4, 0.5) is 0 Å². The third-order valence-corrected chi connectivity index (χ3v) is 2.98.